The second kappa shape index (κ2) is 6.79. The van der Waals surface area contributed by atoms with Crippen molar-refractivity contribution in [2.75, 3.05) is 33.3 Å². The third kappa shape index (κ3) is 3.09. The van der Waals surface area contributed by atoms with Crippen molar-refractivity contribution in [1.82, 2.24) is 30.4 Å². The average molecular weight is 342 g/mol. The fourth-order valence-electron chi connectivity index (χ4n) is 3.80. The Morgan fingerprint density at radius 2 is 2.20 bits per heavy atom. The molecule has 25 heavy (non-hydrogen) atoms. The van der Waals surface area contributed by atoms with Crippen molar-refractivity contribution in [1.29, 1.82) is 0 Å². The lowest BCUT2D eigenvalue weighted by Crippen LogP contribution is -2.54. The number of aromatic amines is 1. The molecule has 2 fully saturated rings. The van der Waals surface area contributed by atoms with Crippen molar-refractivity contribution in [3.63, 3.8) is 0 Å². The SMILES string of the molecule is COc1cc(C(=O)N2CCN3CCCCC2C3)ccc1-c1nn[nH]n1. The van der Waals surface area contributed by atoms with Gasteiger partial charge >= 0.3 is 0 Å². The Morgan fingerprint density at radius 3 is 3.00 bits per heavy atom. The molecule has 132 valence electrons. The summed E-state index contributed by atoms with van der Waals surface area (Å²) in [7, 11) is 1.58. The number of amides is 1. The normalized spacial score (nSPS) is 23.2. The number of nitrogens with one attached hydrogen (secondary N) is 1. The molecular formula is C17H22N6O2. The van der Waals surface area contributed by atoms with Gasteiger partial charge in [0.25, 0.3) is 5.91 Å². The summed E-state index contributed by atoms with van der Waals surface area (Å²) in [5.41, 5.74) is 1.36. The Bertz CT molecular complexity index is 748. The summed E-state index contributed by atoms with van der Waals surface area (Å²) >= 11 is 0. The van der Waals surface area contributed by atoms with Crippen LogP contribution in [0.2, 0.25) is 0 Å². The standard InChI is InChI=1S/C17H22N6O2/c1-25-15-10-12(5-6-14(15)16-18-20-21-19-16)17(24)23-9-8-22-7-3-2-4-13(23)11-22/h5-6,10,13H,2-4,7-9,11H2,1H3,(H,18,19,20,21). The molecule has 2 bridgehead atoms. The molecule has 0 radical (unpaired) electrons. The Balaban J connectivity index is 1.59. The molecule has 1 aromatic carbocycles. The van der Waals surface area contributed by atoms with Crippen molar-refractivity contribution < 1.29 is 9.53 Å². The van der Waals surface area contributed by atoms with Crippen molar-refractivity contribution >= 4 is 5.91 Å². The van der Waals surface area contributed by atoms with Crippen LogP contribution in [0.15, 0.2) is 18.2 Å². The first-order valence-corrected chi connectivity index (χ1v) is 8.71. The number of carbonyl (C=O) groups excluding carboxylic acids is 1. The number of piperazine rings is 1. The molecule has 2 aromatic rings. The van der Waals surface area contributed by atoms with E-state index in [1.807, 2.05) is 17.0 Å². The molecule has 0 saturated carbocycles. The van der Waals surface area contributed by atoms with Gasteiger partial charge in [0.15, 0.2) is 0 Å². The van der Waals surface area contributed by atoms with Crippen molar-refractivity contribution in [2.24, 2.45) is 0 Å². The highest BCUT2D eigenvalue weighted by Crippen LogP contribution is 2.29. The summed E-state index contributed by atoms with van der Waals surface area (Å²) in [6.45, 7) is 3.90. The van der Waals surface area contributed by atoms with Gasteiger partial charge in [-0.15, -0.1) is 10.2 Å². The molecule has 8 heteroatoms. The van der Waals surface area contributed by atoms with Crippen molar-refractivity contribution in [3.8, 4) is 17.1 Å². The average Bonchev–Trinajstić information content (AvgIpc) is 3.12. The van der Waals surface area contributed by atoms with Gasteiger partial charge in [-0.3, -0.25) is 9.69 Å². The van der Waals surface area contributed by atoms with Crippen LogP contribution in [-0.2, 0) is 0 Å². The second-order valence-corrected chi connectivity index (χ2v) is 6.60. The number of fused-ring (bicyclic) bond motifs is 2. The number of methoxy groups -OCH3 is 1. The van der Waals surface area contributed by atoms with E-state index in [1.54, 1.807) is 13.2 Å². The minimum Gasteiger partial charge on any atom is -0.496 e. The quantitative estimate of drug-likeness (QED) is 0.901. The maximum Gasteiger partial charge on any atom is 0.254 e. The van der Waals surface area contributed by atoms with Gasteiger partial charge in [-0.1, -0.05) is 6.42 Å². The van der Waals surface area contributed by atoms with Crippen molar-refractivity contribution in [2.45, 2.75) is 25.3 Å². The van der Waals surface area contributed by atoms with E-state index in [1.165, 1.54) is 12.8 Å². The van der Waals surface area contributed by atoms with E-state index in [0.717, 1.165) is 32.6 Å². The summed E-state index contributed by atoms with van der Waals surface area (Å²) in [6.07, 6.45) is 3.50. The number of tetrazole rings is 1. The molecular weight excluding hydrogens is 320 g/mol. The lowest BCUT2D eigenvalue weighted by Gasteiger charge is -2.40. The van der Waals surface area contributed by atoms with E-state index in [0.29, 0.717) is 28.7 Å². The molecule has 1 amide bonds. The number of carbonyl (C=O) groups is 1. The van der Waals surface area contributed by atoms with Gasteiger partial charge in [0.1, 0.15) is 5.75 Å². The number of benzene rings is 1. The third-order valence-corrected chi connectivity index (χ3v) is 5.12. The van der Waals surface area contributed by atoms with E-state index < -0.39 is 0 Å². The summed E-state index contributed by atoms with van der Waals surface area (Å²) in [6, 6.07) is 5.73. The molecule has 1 aromatic heterocycles. The van der Waals surface area contributed by atoms with E-state index in [2.05, 4.69) is 25.5 Å². The Hall–Kier alpha value is -2.48. The number of aromatic nitrogens is 4. The van der Waals surface area contributed by atoms with Crippen LogP contribution in [0.4, 0.5) is 0 Å². The predicted octanol–water partition coefficient (Wildman–Crippen LogP) is 1.19. The largest absolute Gasteiger partial charge is 0.496 e. The Labute approximate surface area is 146 Å². The van der Waals surface area contributed by atoms with Gasteiger partial charge < -0.3 is 9.64 Å². The maximum atomic E-state index is 13.1. The first-order valence-electron chi connectivity index (χ1n) is 8.71. The van der Waals surface area contributed by atoms with Gasteiger partial charge in [0.05, 0.1) is 12.7 Å². The molecule has 0 aliphatic carbocycles. The van der Waals surface area contributed by atoms with Gasteiger partial charge in [-0.05, 0) is 42.8 Å². The molecule has 2 atom stereocenters. The van der Waals surface area contributed by atoms with Crippen LogP contribution in [0.1, 0.15) is 29.6 Å². The molecule has 1 N–H and O–H groups in total. The molecule has 4 rings (SSSR count). The highest BCUT2D eigenvalue weighted by Gasteiger charge is 2.32. The van der Waals surface area contributed by atoms with Crippen LogP contribution in [0.25, 0.3) is 11.4 Å². The molecule has 2 aliphatic rings. The third-order valence-electron chi connectivity index (χ3n) is 5.12. The summed E-state index contributed by atoms with van der Waals surface area (Å²) in [5, 5.41) is 14.0. The Kier molecular flexibility index (Phi) is 4.35. The molecule has 2 unspecified atom stereocenters. The smallest absolute Gasteiger partial charge is 0.254 e. The zero-order valence-corrected chi connectivity index (χ0v) is 14.3. The topological polar surface area (TPSA) is 87.2 Å². The summed E-state index contributed by atoms with van der Waals surface area (Å²) in [5.74, 6) is 1.10. The molecule has 0 spiro atoms. The maximum absolute atomic E-state index is 13.1. The number of H-pyrrole nitrogens is 1. The van der Waals surface area contributed by atoms with Gasteiger partial charge in [-0.2, -0.15) is 5.21 Å². The number of rotatable bonds is 3. The van der Waals surface area contributed by atoms with Crippen LogP contribution in [-0.4, -0.2) is 75.7 Å². The lowest BCUT2D eigenvalue weighted by molar-refractivity contribution is 0.0483. The van der Waals surface area contributed by atoms with Crippen molar-refractivity contribution in [3.05, 3.63) is 23.8 Å². The number of hydrogen-bond acceptors (Lipinski definition) is 6. The van der Waals surface area contributed by atoms with Gasteiger partial charge in [0.2, 0.25) is 5.82 Å². The second-order valence-electron chi connectivity index (χ2n) is 6.60. The van der Waals surface area contributed by atoms with E-state index in [-0.39, 0.29) is 5.91 Å². The molecule has 8 nitrogen and oxygen atoms in total. The van der Waals surface area contributed by atoms with Crippen LogP contribution in [0, 0.1) is 0 Å². The first kappa shape index (κ1) is 16.0. The lowest BCUT2D eigenvalue weighted by atomic mass is 10.0. The predicted molar refractivity (Wildman–Crippen MR) is 91.3 cm³/mol. The zero-order chi connectivity index (χ0) is 17.2. The fourth-order valence-corrected chi connectivity index (χ4v) is 3.80. The summed E-state index contributed by atoms with van der Waals surface area (Å²) in [4.78, 5) is 17.6. The zero-order valence-electron chi connectivity index (χ0n) is 14.3. The first-order chi connectivity index (χ1) is 12.3. The van der Waals surface area contributed by atoms with E-state index in [4.69, 9.17) is 4.74 Å². The number of ether oxygens (including phenoxy) is 1. The number of hydrogen-bond donors (Lipinski definition) is 1. The fraction of sp³-hybridized carbons (Fsp3) is 0.529. The minimum absolute atomic E-state index is 0.0736. The molecule has 2 aliphatic heterocycles. The monoisotopic (exact) mass is 342 g/mol. The van der Waals surface area contributed by atoms with E-state index in [9.17, 15) is 4.79 Å². The summed E-state index contributed by atoms with van der Waals surface area (Å²) < 4.78 is 5.45. The van der Waals surface area contributed by atoms with Gasteiger partial charge in [-0.25, -0.2) is 0 Å². The molecule has 3 heterocycles. The number of nitrogens with zero attached hydrogens (tertiary/aromatic N) is 5. The highest BCUT2D eigenvalue weighted by atomic mass is 16.5. The van der Waals surface area contributed by atoms with Crippen LogP contribution >= 0.6 is 0 Å². The molecule has 2 saturated heterocycles. The van der Waals surface area contributed by atoms with Crippen LogP contribution in [0.3, 0.4) is 0 Å². The Morgan fingerprint density at radius 1 is 1.28 bits per heavy atom. The van der Waals surface area contributed by atoms with E-state index >= 15 is 0 Å². The minimum atomic E-state index is 0.0736. The van der Waals surface area contributed by atoms with Gasteiger partial charge in [0, 0.05) is 31.2 Å². The highest BCUT2D eigenvalue weighted by molar-refractivity contribution is 5.95. The van der Waals surface area contributed by atoms with Crippen LogP contribution < -0.4 is 4.74 Å². The van der Waals surface area contributed by atoms with Crippen LogP contribution in [0.5, 0.6) is 5.75 Å².